The van der Waals surface area contributed by atoms with Crippen LogP contribution in [0.3, 0.4) is 0 Å². The molecule has 1 aliphatic rings. The number of aryl methyl sites for hydroxylation is 1. The number of rotatable bonds is 1. The molecule has 0 bridgehead atoms. The molecule has 1 atom stereocenters. The summed E-state index contributed by atoms with van der Waals surface area (Å²) in [6.45, 7) is 2.90. The molecule has 2 rings (SSSR count). The van der Waals surface area contributed by atoms with Crippen LogP contribution < -0.4 is 10.5 Å². The van der Waals surface area contributed by atoms with Crippen LogP contribution in [0, 0.1) is 0 Å². The lowest BCUT2D eigenvalue weighted by atomic mass is 9.98. The second-order valence-corrected chi connectivity index (χ2v) is 3.47. The first-order chi connectivity index (χ1) is 6.31. The van der Waals surface area contributed by atoms with Crippen molar-refractivity contribution in [1.29, 1.82) is 0 Å². The molecule has 1 aromatic carbocycles. The van der Waals surface area contributed by atoms with E-state index in [1.54, 1.807) is 0 Å². The third-order valence-corrected chi connectivity index (χ3v) is 2.57. The Kier molecular flexibility index (Phi) is 2.23. The maximum Gasteiger partial charge on any atom is 0.124 e. The Morgan fingerprint density at radius 2 is 2.38 bits per heavy atom. The van der Waals surface area contributed by atoms with Crippen LogP contribution in [0.4, 0.5) is 0 Å². The molecular weight excluding hydrogens is 162 g/mol. The molecule has 0 aliphatic carbocycles. The van der Waals surface area contributed by atoms with Crippen molar-refractivity contribution in [3.05, 3.63) is 29.3 Å². The van der Waals surface area contributed by atoms with Gasteiger partial charge in [-0.05, 0) is 18.1 Å². The molecule has 1 heterocycles. The first-order valence-corrected chi connectivity index (χ1v) is 4.82. The summed E-state index contributed by atoms with van der Waals surface area (Å²) >= 11 is 0. The van der Waals surface area contributed by atoms with E-state index in [0.717, 1.165) is 25.2 Å². The van der Waals surface area contributed by atoms with Gasteiger partial charge in [-0.2, -0.15) is 0 Å². The van der Waals surface area contributed by atoms with Crippen LogP contribution in [0.1, 0.15) is 30.5 Å². The van der Waals surface area contributed by atoms with Crippen LogP contribution in [0.5, 0.6) is 5.75 Å². The fourth-order valence-corrected chi connectivity index (χ4v) is 1.69. The first-order valence-electron chi connectivity index (χ1n) is 4.82. The zero-order valence-corrected chi connectivity index (χ0v) is 7.92. The molecule has 1 aliphatic heterocycles. The zero-order valence-electron chi connectivity index (χ0n) is 7.92. The minimum absolute atomic E-state index is 0.162. The second-order valence-electron chi connectivity index (χ2n) is 3.47. The minimum Gasteiger partial charge on any atom is -0.493 e. The highest BCUT2D eigenvalue weighted by Gasteiger charge is 2.17. The molecule has 1 unspecified atom stereocenters. The van der Waals surface area contributed by atoms with E-state index in [1.165, 1.54) is 11.1 Å². The van der Waals surface area contributed by atoms with Crippen LogP contribution in [0.15, 0.2) is 18.2 Å². The lowest BCUT2D eigenvalue weighted by molar-refractivity contribution is 0.269. The second kappa shape index (κ2) is 3.38. The zero-order chi connectivity index (χ0) is 9.26. The van der Waals surface area contributed by atoms with E-state index >= 15 is 0 Å². The van der Waals surface area contributed by atoms with Gasteiger partial charge in [0.05, 0.1) is 6.61 Å². The maximum absolute atomic E-state index is 5.99. The Morgan fingerprint density at radius 3 is 3.15 bits per heavy atom. The molecule has 0 amide bonds. The predicted molar refractivity (Wildman–Crippen MR) is 52.9 cm³/mol. The van der Waals surface area contributed by atoms with E-state index in [1.807, 2.05) is 6.07 Å². The Balaban J connectivity index is 2.41. The third-order valence-electron chi connectivity index (χ3n) is 2.57. The number of benzene rings is 1. The molecule has 0 radical (unpaired) electrons. The molecule has 0 saturated heterocycles. The van der Waals surface area contributed by atoms with Crippen LogP contribution in [-0.2, 0) is 6.42 Å². The number of nitrogens with two attached hydrogens (primary N) is 1. The molecule has 0 fully saturated rings. The largest absolute Gasteiger partial charge is 0.493 e. The van der Waals surface area contributed by atoms with Gasteiger partial charge >= 0.3 is 0 Å². The highest BCUT2D eigenvalue weighted by Crippen LogP contribution is 2.31. The van der Waals surface area contributed by atoms with Crippen molar-refractivity contribution in [3.8, 4) is 5.75 Å². The van der Waals surface area contributed by atoms with E-state index in [-0.39, 0.29) is 6.04 Å². The molecule has 2 N–H and O–H groups in total. The number of hydrogen-bond acceptors (Lipinski definition) is 2. The smallest absolute Gasteiger partial charge is 0.124 e. The fourth-order valence-electron chi connectivity index (χ4n) is 1.69. The van der Waals surface area contributed by atoms with Crippen molar-refractivity contribution in [2.24, 2.45) is 5.73 Å². The van der Waals surface area contributed by atoms with E-state index in [4.69, 9.17) is 10.5 Å². The molecular formula is C11H15NO. The Bertz CT molecular complexity index is 309. The van der Waals surface area contributed by atoms with E-state index in [9.17, 15) is 0 Å². The van der Waals surface area contributed by atoms with Gasteiger partial charge in [0.2, 0.25) is 0 Å². The molecule has 70 valence electrons. The summed E-state index contributed by atoms with van der Waals surface area (Å²) in [5, 5.41) is 0. The number of ether oxygens (including phenoxy) is 1. The molecule has 0 aromatic heterocycles. The van der Waals surface area contributed by atoms with Gasteiger partial charge in [0.25, 0.3) is 0 Å². The third kappa shape index (κ3) is 1.54. The van der Waals surface area contributed by atoms with Gasteiger partial charge in [0.15, 0.2) is 0 Å². The summed E-state index contributed by atoms with van der Waals surface area (Å²) in [5.74, 6) is 0.968. The predicted octanol–water partition coefficient (Wildman–Crippen LogP) is 2.03. The highest BCUT2D eigenvalue weighted by molar-refractivity contribution is 5.40. The van der Waals surface area contributed by atoms with Crippen molar-refractivity contribution in [1.82, 2.24) is 0 Å². The summed E-state index contributed by atoms with van der Waals surface area (Å²) in [4.78, 5) is 0. The average Bonchev–Trinajstić information content (AvgIpc) is 2.18. The summed E-state index contributed by atoms with van der Waals surface area (Å²) in [5.41, 5.74) is 8.49. The SMILES string of the molecule is CCc1ccc2c(c1)C(N)CCO2. The minimum atomic E-state index is 0.162. The normalized spacial score (nSPS) is 20.6. The lowest BCUT2D eigenvalue weighted by Gasteiger charge is -2.23. The Hall–Kier alpha value is -1.02. The van der Waals surface area contributed by atoms with E-state index in [0.29, 0.717) is 0 Å². The standard InChI is InChI=1S/C11H15NO/c1-2-8-3-4-11-9(7-8)10(12)5-6-13-11/h3-4,7,10H,2,5-6,12H2,1H3. The van der Waals surface area contributed by atoms with Crippen molar-refractivity contribution in [2.45, 2.75) is 25.8 Å². The van der Waals surface area contributed by atoms with Crippen LogP contribution in [0.25, 0.3) is 0 Å². The quantitative estimate of drug-likeness (QED) is 0.712. The summed E-state index contributed by atoms with van der Waals surface area (Å²) in [6.07, 6.45) is 1.99. The van der Waals surface area contributed by atoms with Crippen molar-refractivity contribution < 1.29 is 4.74 Å². The topological polar surface area (TPSA) is 35.2 Å². The number of fused-ring (bicyclic) bond motifs is 1. The summed E-state index contributed by atoms with van der Waals surface area (Å²) in [6, 6.07) is 6.47. The van der Waals surface area contributed by atoms with Gasteiger partial charge in [-0.25, -0.2) is 0 Å². The van der Waals surface area contributed by atoms with Gasteiger partial charge in [-0.3, -0.25) is 0 Å². The molecule has 2 heteroatoms. The van der Waals surface area contributed by atoms with Crippen LogP contribution >= 0.6 is 0 Å². The summed E-state index contributed by atoms with van der Waals surface area (Å²) in [7, 11) is 0. The Morgan fingerprint density at radius 1 is 1.54 bits per heavy atom. The van der Waals surface area contributed by atoms with E-state index in [2.05, 4.69) is 19.1 Å². The van der Waals surface area contributed by atoms with Gasteiger partial charge < -0.3 is 10.5 Å². The van der Waals surface area contributed by atoms with Crippen LogP contribution in [-0.4, -0.2) is 6.61 Å². The molecule has 0 saturated carbocycles. The average molecular weight is 177 g/mol. The van der Waals surface area contributed by atoms with Crippen molar-refractivity contribution in [2.75, 3.05) is 6.61 Å². The van der Waals surface area contributed by atoms with Gasteiger partial charge in [-0.1, -0.05) is 19.1 Å². The van der Waals surface area contributed by atoms with Gasteiger partial charge in [-0.15, -0.1) is 0 Å². The molecule has 2 nitrogen and oxygen atoms in total. The van der Waals surface area contributed by atoms with Crippen molar-refractivity contribution >= 4 is 0 Å². The van der Waals surface area contributed by atoms with E-state index < -0.39 is 0 Å². The maximum atomic E-state index is 5.99. The van der Waals surface area contributed by atoms with Crippen molar-refractivity contribution in [3.63, 3.8) is 0 Å². The monoisotopic (exact) mass is 177 g/mol. The lowest BCUT2D eigenvalue weighted by Crippen LogP contribution is -2.20. The fraction of sp³-hybridized carbons (Fsp3) is 0.455. The van der Waals surface area contributed by atoms with Gasteiger partial charge in [0, 0.05) is 18.0 Å². The molecule has 0 spiro atoms. The summed E-state index contributed by atoms with van der Waals surface area (Å²) < 4.78 is 5.51. The Labute approximate surface area is 78.7 Å². The van der Waals surface area contributed by atoms with Gasteiger partial charge in [0.1, 0.15) is 5.75 Å². The molecule has 13 heavy (non-hydrogen) atoms. The highest BCUT2D eigenvalue weighted by atomic mass is 16.5. The number of hydrogen-bond donors (Lipinski definition) is 1. The first kappa shape index (κ1) is 8.57. The van der Waals surface area contributed by atoms with Crippen LogP contribution in [0.2, 0.25) is 0 Å². The molecule has 1 aromatic rings.